The minimum absolute atomic E-state index is 0. The third-order valence-electron chi connectivity index (χ3n) is 0. The van der Waals surface area contributed by atoms with Gasteiger partial charge in [-0.15, -0.1) is 0 Å². The van der Waals surface area contributed by atoms with E-state index in [-0.39, 0.29) is 93.7 Å². The van der Waals surface area contributed by atoms with Crippen molar-refractivity contribution in [3.8, 4) is 0 Å². The summed E-state index contributed by atoms with van der Waals surface area (Å²) in [6.07, 6.45) is 0. The van der Waals surface area contributed by atoms with Gasteiger partial charge in [0.25, 0.3) is 0 Å². The Bertz CT molecular complexity index is 17.7. The van der Waals surface area contributed by atoms with Crippen molar-refractivity contribution in [2.24, 2.45) is 0 Å². The first kappa shape index (κ1) is 46.3. The fourth-order valence-corrected chi connectivity index (χ4v) is 0. The molecule has 0 aliphatic carbocycles. The van der Waals surface area contributed by atoms with Crippen LogP contribution < -0.4 is 0 Å². The molecule has 0 aliphatic rings. The largest absolute Gasteiger partial charge is 2.00 e. The van der Waals surface area contributed by atoms with Crippen LogP contribution in [0.25, 0.3) is 0 Å². The van der Waals surface area contributed by atoms with Crippen molar-refractivity contribution in [1.82, 2.24) is 0 Å². The molecule has 0 aromatic heterocycles. The fourth-order valence-electron chi connectivity index (χ4n) is 0. The van der Waals surface area contributed by atoms with E-state index >= 15 is 0 Å². The summed E-state index contributed by atoms with van der Waals surface area (Å²) < 4.78 is 0. The molecule has 5 heteroatoms. The van der Waals surface area contributed by atoms with E-state index in [0.29, 0.717) is 0 Å². The van der Waals surface area contributed by atoms with E-state index < -0.39 is 0 Å². The van der Waals surface area contributed by atoms with E-state index in [0.717, 1.165) is 0 Å². The van der Waals surface area contributed by atoms with Gasteiger partial charge in [-0.05, 0) is 11.0 Å². The molecule has 0 rings (SSSR count). The van der Waals surface area contributed by atoms with Crippen LogP contribution in [-0.4, -0.2) is 51.4 Å². The Balaban J connectivity index is 0. The summed E-state index contributed by atoms with van der Waals surface area (Å²) in [7, 11) is 0. The van der Waals surface area contributed by atoms with Gasteiger partial charge in [-0.25, -0.2) is 0 Å². The summed E-state index contributed by atoms with van der Waals surface area (Å²) in [6, 6.07) is 0. The molecule has 0 unspecified atom stereocenters. The SMILES string of the molecule is [Ag].[AlH3].[Cu].[H-].[H-].[Mg+2].[SiH4]. The number of rotatable bonds is 0. The summed E-state index contributed by atoms with van der Waals surface area (Å²) in [5.41, 5.74) is 0. The zero-order valence-corrected chi connectivity index (χ0v) is 5.15. The van der Waals surface area contributed by atoms with Crippen LogP contribution in [0.5, 0.6) is 0 Å². The Morgan fingerprint density at radius 2 is 1.20 bits per heavy atom. The zero-order valence-electron chi connectivity index (χ0n) is 3.31. The average Bonchev–Trinajstić information content (AvgIpc) is 0. The summed E-state index contributed by atoms with van der Waals surface area (Å²) >= 11 is 0. The molecular weight excluding hydrogens is 251 g/mol. The van der Waals surface area contributed by atoms with Crippen molar-refractivity contribution in [3.63, 3.8) is 0 Å². The Kier molecular flexibility index (Phi) is 272. The Morgan fingerprint density at radius 3 is 1.20 bits per heavy atom. The van der Waals surface area contributed by atoms with Crippen LogP contribution in [0.3, 0.4) is 0 Å². The maximum Gasteiger partial charge on any atom is 2.00 e. The standard InChI is InChI=1S/Ag.Al.Cu.Mg.H4Si.5H/h;;;;1H4;;;;;/q;;;+2;;;;;2*-1. The average molecular weight is 260 g/mol. The van der Waals surface area contributed by atoms with Crippen molar-refractivity contribution in [2.45, 2.75) is 0 Å². The maximum atomic E-state index is 0. The molecule has 2 radical (unpaired) electrons. The van der Waals surface area contributed by atoms with E-state index in [1.807, 2.05) is 0 Å². The molecule has 0 aromatic rings. The third kappa shape index (κ3) is 20.1. The molecule has 40 valence electrons. The van der Waals surface area contributed by atoms with Crippen LogP contribution in [-0.2, 0) is 39.4 Å². The second-order valence-corrected chi connectivity index (χ2v) is 0. The summed E-state index contributed by atoms with van der Waals surface area (Å²) in [4.78, 5) is 0. The maximum absolute atomic E-state index is 0. The molecule has 0 atom stereocenters. The summed E-state index contributed by atoms with van der Waals surface area (Å²) in [5.74, 6) is 0. The van der Waals surface area contributed by atoms with Crippen LogP contribution in [0.15, 0.2) is 0 Å². The summed E-state index contributed by atoms with van der Waals surface area (Å²) in [6.45, 7) is 0. The van der Waals surface area contributed by atoms with Crippen molar-refractivity contribution in [3.05, 3.63) is 0 Å². The Morgan fingerprint density at radius 1 is 1.20 bits per heavy atom. The topological polar surface area (TPSA) is 0 Å². The van der Waals surface area contributed by atoms with Crippen LogP contribution in [0, 0.1) is 0 Å². The first-order valence-electron chi connectivity index (χ1n) is 0. The predicted molar refractivity (Wildman–Crippen MR) is 29.3 cm³/mol. The van der Waals surface area contributed by atoms with E-state index in [1.54, 1.807) is 0 Å². The van der Waals surface area contributed by atoms with Gasteiger partial charge in [0.2, 0.25) is 0 Å². The van der Waals surface area contributed by atoms with Crippen LogP contribution in [0.2, 0.25) is 0 Å². The van der Waals surface area contributed by atoms with Crippen molar-refractivity contribution in [1.29, 1.82) is 0 Å². The van der Waals surface area contributed by atoms with E-state index in [2.05, 4.69) is 0 Å². The smallest absolute Gasteiger partial charge is 1.00 e. The second-order valence-electron chi connectivity index (χ2n) is 0. The van der Waals surface area contributed by atoms with E-state index in [4.69, 9.17) is 0 Å². The normalized spacial score (nSPS) is 0. The zero-order chi connectivity index (χ0) is 0. The fraction of sp³-hybridized carbons (Fsp3) is 0. The molecule has 0 aromatic carbocycles. The van der Waals surface area contributed by atoms with E-state index in [1.165, 1.54) is 0 Å². The van der Waals surface area contributed by atoms with Gasteiger partial charge < -0.3 is 2.85 Å². The molecule has 0 bridgehead atoms. The molecule has 5 heavy (non-hydrogen) atoms. The van der Waals surface area contributed by atoms with Crippen molar-refractivity contribution < 1.29 is 42.3 Å². The third-order valence-corrected chi connectivity index (χ3v) is 0. The first-order chi connectivity index (χ1) is 0. The van der Waals surface area contributed by atoms with Crippen molar-refractivity contribution in [2.75, 3.05) is 0 Å². The van der Waals surface area contributed by atoms with Gasteiger partial charge in [-0.3, -0.25) is 0 Å². The molecule has 0 saturated heterocycles. The molecule has 0 heterocycles. The van der Waals surface area contributed by atoms with Crippen LogP contribution in [0.1, 0.15) is 2.85 Å². The Hall–Kier alpha value is 2.78. The van der Waals surface area contributed by atoms with Gasteiger partial charge >= 0.3 is 23.1 Å². The molecular formula is H9AgAlCuMgSi. The Labute approximate surface area is 92.5 Å². The van der Waals surface area contributed by atoms with E-state index in [9.17, 15) is 0 Å². The van der Waals surface area contributed by atoms with Crippen LogP contribution >= 0.6 is 0 Å². The molecule has 0 nitrogen and oxygen atoms in total. The predicted octanol–water partition coefficient (Wildman–Crippen LogP) is -2.80. The van der Waals surface area contributed by atoms with Gasteiger partial charge in [-0.1, -0.05) is 0 Å². The summed E-state index contributed by atoms with van der Waals surface area (Å²) in [5, 5.41) is 0. The molecule has 0 aliphatic heterocycles. The monoisotopic (exact) mass is 258 g/mol. The molecule has 0 amide bonds. The minimum Gasteiger partial charge on any atom is -1.00 e. The van der Waals surface area contributed by atoms with Gasteiger partial charge in [0.05, 0.1) is 0 Å². The van der Waals surface area contributed by atoms with Gasteiger partial charge in [-0.2, -0.15) is 0 Å². The quantitative estimate of drug-likeness (QED) is 0.413. The van der Waals surface area contributed by atoms with Gasteiger partial charge in [0.15, 0.2) is 17.4 Å². The molecule has 0 fully saturated rings. The first-order valence-corrected chi connectivity index (χ1v) is 0. The van der Waals surface area contributed by atoms with Crippen LogP contribution in [0.4, 0.5) is 0 Å². The van der Waals surface area contributed by atoms with Gasteiger partial charge in [0.1, 0.15) is 0 Å². The minimum atomic E-state index is 0. The molecule has 0 saturated carbocycles. The number of hydrogen-bond donors (Lipinski definition) is 0. The number of hydrogen-bond acceptors (Lipinski definition) is 0. The van der Waals surface area contributed by atoms with Crippen molar-refractivity contribution >= 4 is 51.4 Å². The molecule has 0 N–H and O–H groups in total. The second kappa shape index (κ2) is 29.3. The molecule has 0 spiro atoms. The van der Waals surface area contributed by atoms with Gasteiger partial charge in [0, 0.05) is 39.4 Å².